The average Bonchev–Trinajstić information content (AvgIpc) is 2.16. The van der Waals surface area contributed by atoms with Gasteiger partial charge >= 0.3 is 0 Å². The Balaban J connectivity index is 2.95. The van der Waals surface area contributed by atoms with Crippen molar-refractivity contribution in [3.05, 3.63) is 0 Å². The zero-order valence-electron chi connectivity index (χ0n) is 9.09. The van der Waals surface area contributed by atoms with Gasteiger partial charge in [-0.05, 0) is 6.42 Å². The first-order valence-corrected chi connectivity index (χ1v) is 5.46. The highest BCUT2D eigenvalue weighted by Gasteiger charge is 1.93. The van der Waals surface area contributed by atoms with Crippen LogP contribution in [-0.4, -0.2) is 24.9 Å². The fraction of sp³-hybridized carbons (Fsp3) is 0.909. The summed E-state index contributed by atoms with van der Waals surface area (Å²) in [5.74, 6) is 0. The third-order valence-corrected chi connectivity index (χ3v) is 2.29. The van der Waals surface area contributed by atoms with Crippen molar-refractivity contribution in [2.24, 2.45) is 0 Å². The molecule has 0 unspecified atom stereocenters. The maximum absolute atomic E-state index is 10.2. The van der Waals surface area contributed by atoms with Crippen LogP contribution in [-0.2, 0) is 4.79 Å². The number of hydrogen-bond donors (Lipinski definition) is 0. The topological polar surface area (TPSA) is 20.3 Å². The van der Waals surface area contributed by atoms with Crippen molar-refractivity contribution >= 4 is 6.41 Å². The highest BCUT2D eigenvalue weighted by molar-refractivity contribution is 5.46. The Morgan fingerprint density at radius 1 is 1.00 bits per heavy atom. The molecule has 0 radical (unpaired) electrons. The van der Waals surface area contributed by atoms with Gasteiger partial charge in [-0.1, -0.05) is 45.4 Å². The van der Waals surface area contributed by atoms with Crippen molar-refractivity contribution in [2.75, 3.05) is 13.6 Å². The lowest BCUT2D eigenvalue weighted by Crippen LogP contribution is -2.16. The minimum atomic E-state index is 0.900. The van der Waals surface area contributed by atoms with Crippen LogP contribution in [0.5, 0.6) is 0 Å². The lowest BCUT2D eigenvalue weighted by molar-refractivity contribution is -0.117. The quantitative estimate of drug-likeness (QED) is 0.399. The molecule has 0 heterocycles. The largest absolute Gasteiger partial charge is 0.348 e. The Morgan fingerprint density at radius 2 is 1.54 bits per heavy atom. The third kappa shape index (κ3) is 9.38. The molecule has 0 aliphatic carbocycles. The van der Waals surface area contributed by atoms with Crippen LogP contribution in [0.25, 0.3) is 0 Å². The number of nitrogens with zero attached hydrogens (tertiary/aromatic N) is 1. The molecule has 0 bridgehead atoms. The number of carbonyl (C=O) groups is 1. The summed E-state index contributed by atoms with van der Waals surface area (Å²) in [5, 5.41) is 0. The van der Waals surface area contributed by atoms with Gasteiger partial charge in [0, 0.05) is 13.6 Å². The molecule has 0 aromatic rings. The lowest BCUT2D eigenvalue weighted by atomic mass is 10.1. The van der Waals surface area contributed by atoms with E-state index in [0.29, 0.717) is 0 Å². The Labute approximate surface area is 82.3 Å². The highest BCUT2D eigenvalue weighted by Crippen LogP contribution is 2.06. The number of hydrogen-bond acceptors (Lipinski definition) is 1. The minimum absolute atomic E-state index is 0.900. The van der Waals surface area contributed by atoms with Gasteiger partial charge in [0.05, 0.1) is 0 Å². The van der Waals surface area contributed by atoms with Crippen LogP contribution in [0, 0.1) is 0 Å². The summed E-state index contributed by atoms with van der Waals surface area (Å²) in [7, 11) is 1.84. The van der Waals surface area contributed by atoms with Gasteiger partial charge in [0.15, 0.2) is 0 Å². The van der Waals surface area contributed by atoms with Gasteiger partial charge in [0.1, 0.15) is 0 Å². The maximum atomic E-state index is 10.2. The van der Waals surface area contributed by atoms with E-state index < -0.39 is 0 Å². The van der Waals surface area contributed by atoms with E-state index in [0.717, 1.165) is 19.4 Å². The molecule has 2 nitrogen and oxygen atoms in total. The molecular weight excluding hydrogens is 162 g/mol. The molecule has 0 fully saturated rings. The van der Waals surface area contributed by atoms with Crippen LogP contribution < -0.4 is 0 Å². The molecule has 0 aliphatic heterocycles. The lowest BCUT2D eigenvalue weighted by Gasteiger charge is -2.09. The molecule has 0 rings (SSSR count). The van der Waals surface area contributed by atoms with Gasteiger partial charge in [-0.3, -0.25) is 4.79 Å². The van der Waals surface area contributed by atoms with E-state index in [-0.39, 0.29) is 0 Å². The summed E-state index contributed by atoms with van der Waals surface area (Å²) in [5.41, 5.74) is 0. The second-order valence-electron chi connectivity index (χ2n) is 3.71. The van der Waals surface area contributed by atoms with E-state index in [2.05, 4.69) is 6.92 Å². The molecular formula is C11H23NO. The molecule has 0 atom stereocenters. The summed E-state index contributed by atoms with van der Waals surface area (Å²) in [6.07, 6.45) is 10.1. The molecule has 0 aromatic heterocycles. The maximum Gasteiger partial charge on any atom is 0.209 e. The van der Waals surface area contributed by atoms with E-state index >= 15 is 0 Å². The summed E-state index contributed by atoms with van der Waals surface area (Å²) >= 11 is 0. The zero-order valence-corrected chi connectivity index (χ0v) is 9.09. The SMILES string of the molecule is CCCCCCCCCN(C)C=O. The van der Waals surface area contributed by atoms with E-state index in [1.54, 1.807) is 4.90 Å². The van der Waals surface area contributed by atoms with Crippen molar-refractivity contribution in [1.29, 1.82) is 0 Å². The Morgan fingerprint density at radius 3 is 2.08 bits per heavy atom. The van der Waals surface area contributed by atoms with Gasteiger partial charge in [-0.25, -0.2) is 0 Å². The van der Waals surface area contributed by atoms with Crippen LogP contribution >= 0.6 is 0 Å². The fourth-order valence-corrected chi connectivity index (χ4v) is 1.37. The first-order chi connectivity index (χ1) is 6.31. The van der Waals surface area contributed by atoms with Crippen molar-refractivity contribution in [3.8, 4) is 0 Å². The van der Waals surface area contributed by atoms with E-state index in [9.17, 15) is 4.79 Å². The van der Waals surface area contributed by atoms with Gasteiger partial charge < -0.3 is 4.90 Å². The number of unbranched alkanes of at least 4 members (excludes halogenated alkanes) is 6. The van der Waals surface area contributed by atoms with Crippen LogP contribution in [0.4, 0.5) is 0 Å². The van der Waals surface area contributed by atoms with E-state index in [1.807, 2.05) is 7.05 Å². The molecule has 0 aromatic carbocycles. The second kappa shape index (κ2) is 9.56. The highest BCUT2D eigenvalue weighted by atomic mass is 16.1. The van der Waals surface area contributed by atoms with E-state index in [1.165, 1.54) is 38.5 Å². The minimum Gasteiger partial charge on any atom is -0.348 e. The molecule has 2 heteroatoms. The van der Waals surface area contributed by atoms with Crippen LogP contribution in [0.3, 0.4) is 0 Å². The normalized spacial score (nSPS) is 10.0. The number of rotatable bonds is 9. The first kappa shape index (κ1) is 12.5. The summed E-state index contributed by atoms with van der Waals surface area (Å²) in [6, 6.07) is 0. The fourth-order valence-electron chi connectivity index (χ4n) is 1.37. The van der Waals surface area contributed by atoms with Gasteiger partial charge in [0.25, 0.3) is 0 Å². The molecule has 0 N–H and O–H groups in total. The van der Waals surface area contributed by atoms with Crippen LogP contribution in [0.1, 0.15) is 51.9 Å². The monoisotopic (exact) mass is 185 g/mol. The van der Waals surface area contributed by atoms with Crippen molar-refractivity contribution in [3.63, 3.8) is 0 Å². The summed E-state index contributed by atoms with van der Waals surface area (Å²) in [6.45, 7) is 3.15. The summed E-state index contributed by atoms with van der Waals surface area (Å²) in [4.78, 5) is 12.0. The van der Waals surface area contributed by atoms with Crippen molar-refractivity contribution in [1.82, 2.24) is 4.90 Å². The predicted molar refractivity (Wildman–Crippen MR) is 56.7 cm³/mol. The Kier molecular flexibility index (Phi) is 9.17. The molecule has 0 spiro atoms. The Hall–Kier alpha value is -0.530. The zero-order chi connectivity index (χ0) is 9.94. The van der Waals surface area contributed by atoms with Gasteiger partial charge in [-0.15, -0.1) is 0 Å². The van der Waals surface area contributed by atoms with Crippen molar-refractivity contribution in [2.45, 2.75) is 51.9 Å². The molecule has 13 heavy (non-hydrogen) atoms. The molecule has 0 saturated carbocycles. The molecule has 78 valence electrons. The van der Waals surface area contributed by atoms with Gasteiger partial charge in [0.2, 0.25) is 6.41 Å². The number of amides is 1. The molecule has 0 saturated heterocycles. The molecule has 1 amide bonds. The predicted octanol–water partition coefficient (Wildman–Crippen LogP) is 2.83. The standard InChI is InChI=1S/C11H23NO/c1-3-4-5-6-7-8-9-10-12(2)11-13/h11H,3-10H2,1-2H3. The Bertz CT molecular complexity index is 115. The van der Waals surface area contributed by atoms with Crippen molar-refractivity contribution < 1.29 is 4.79 Å². The number of carbonyl (C=O) groups excluding carboxylic acids is 1. The third-order valence-electron chi connectivity index (χ3n) is 2.29. The van der Waals surface area contributed by atoms with Crippen LogP contribution in [0.2, 0.25) is 0 Å². The smallest absolute Gasteiger partial charge is 0.209 e. The second-order valence-corrected chi connectivity index (χ2v) is 3.71. The molecule has 0 aliphatic rings. The van der Waals surface area contributed by atoms with E-state index in [4.69, 9.17) is 0 Å². The average molecular weight is 185 g/mol. The van der Waals surface area contributed by atoms with Crippen LogP contribution in [0.15, 0.2) is 0 Å². The van der Waals surface area contributed by atoms with Gasteiger partial charge in [-0.2, -0.15) is 0 Å². The summed E-state index contributed by atoms with van der Waals surface area (Å²) < 4.78 is 0. The first-order valence-electron chi connectivity index (χ1n) is 5.46.